The Kier molecular flexibility index (Phi) is 4.12. The summed E-state index contributed by atoms with van der Waals surface area (Å²) in [5.41, 5.74) is 1.90. The van der Waals surface area contributed by atoms with Crippen LogP contribution >= 0.6 is 0 Å². The van der Waals surface area contributed by atoms with Gasteiger partial charge in [0.05, 0.1) is 16.6 Å². The lowest BCUT2D eigenvalue weighted by Gasteiger charge is -1.94. The summed E-state index contributed by atoms with van der Waals surface area (Å²) >= 11 is 0. The molecule has 3 aromatic rings. The van der Waals surface area contributed by atoms with Crippen LogP contribution in [-0.2, 0) is 0 Å². The van der Waals surface area contributed by atoms with Gasteiger partial charge < -0.3 is 4.42 Å². The summed E-state index contributed by atoms with van der Waals surface area (Å²) in [6.07, 6.45) is 3.40. The van der Waals surface area contributed by atoms with Crippen molar-refractivity contribution in [2.24, 2.45) is 0 Å². The van der Waals surface area contributed by atoms with Crippen LogP contribution in [-0.4, -0.2) is 15.1 Å². The van der Waals surface area contributed by atoms with Gasteiger partial charge in [-0.15, -0.1) is 10.2 Å². The third-order valence-electron chi connectivity index (χ3n) is 3.20. The zero-order valence-corrected chi connectivity index (χ0v) is 12.3. The minimum Gasteiger partial charge on any atom is -0.417 e. The minimum atomic E-state index is -0.481. The standard InChI is InChI=1S/C17H10N4O3/c18-11-13-6-4-12(5-7-13)8-9-16-19-20-17(24-16)14-2-1-3-15(10-14)21(22)23/h1-10H. The van der Waals surface area contributed by atoms with Gasteiger partial charge in [-0.05, 0) is 29.8 Å². The number of non-ortho nitro benzene ring substituents is 1. The van der Waals surface area contributed by atoms with E-state index in [1.165, 1.54) is 12.1 Å². The number of nitriles is 1. The second-order valence-corrected chi connectivity index (χ2v) is 4.82. The second kappa shape index (κ2) is 6.54. The van der Waals surface area contributed by atoms with Gasteiger partial charge in [-0.3, -0.25) is 10.1 Å². The highest BCUT2D eigenvalue weighted by Gasteiger charge is 2.11. The summed E-state index contributed by atoms with van der Waals surface area (Å²) in [6, 6.07) is 15.1. The van der Waals surface area contributed by atoms with Crippen molar-refractivity contribution >= 4 is 17.8 Å². The Morgan fingerprint density at radius 1 is 1.12 bits per heavy atom. The van der Waals surface area contributed by atoms with E-state index in [2.05, 4.69) is 10.2 Å². The molecular formula is C17H10N4O3. The molecule has 0 saturated heterocycles. The van der Waals surface area contributed by atoms with Crippen molar-refractivity contribution in [3.63, 3.8) is 0 Å². The number of nitro benzene ring substituents is 1. The van der Waals surface area contributed by atoms with Gasteiger partial charge in [0.25, 0.3) is 5.69 Å². The molecule has 1 heterocycles. The summed E-state index contributed by atoms with van der Waals surface area (Å²) in [6.45, 7) is 0. The molecule has 24 heavy (non-hydrogen) atoms. The number of benzene rings is 2. The van der Waals surface area contributed by atoms with Gasteiger partial charge in [-0.25, -0.2) is 0 Å². The van der Waals surface area contributed by atoms with Crippen LogP contribution < -0.4 is 0 Å². The lowest BCUT2D eigenvalue weighted by atomic mass is 10.1. The molecule has 0 aliphatic carbocycles. The van der Waals surface area contributed by atoms with E-state index in [0.29, 0.717) is 11.1 Å². The van der Waals surface area contributed by atoms with E-state index in [-0.39, 0.29) is 17.5 Å². The fourth-order valence-corrected chi connectivity index (χ4v) is 2.01. The zero-order chi connectivity index (χ0) is 16.9. The van der Waals surface area contributed by atoms with E-state index in [1.54, 1.807) is 48.6 Å². The maximum Gasteiger partial charge on any atom is 0.270 e. The quantitative estimate of drug-likeness (QED) is 0.536. The van der Waals surface area contributed by atoms with E-state index in [4.69, 9.17) is 9.68 Å². The lowest BCUT2D eigenvalue weighted by molar-refractivity contribution is -0.384. The fourth-order valence-electron chi connectivity index (χ4n) is 2.01. The number of rotatable bonds is 4. The molecule has 0 aliphatic rings. The molecule has 0 bridgehead atoms. The van der Waals surface area contributed by atoms with Crippen molar-refractivity contribution in [2.75, 3.05) is 0 Å². The summed E-state index contributed by atoms with van der Waals surface area (Å²) in [5, 5.41) is 27.3. The van der Waals surface area contributed by atoms with E-state index >= 15 is 0 Å². The first-order valence-corrected chi connectivity index (χ1v) is 6.92. The number of hydrogen-bond acceptors (Lipinski definition) is 6. The summed E-state index contributed by atoms with van der Waals surface area (Å²) in [7, 11) is 0. The molecule has 0 amide bonds. The first kappa shape index (κ1) is 15.1. The lowest BCUT2D eigenvalue weighted by Crippen LogP contribution is -1.88. The average Bonchev–Trinajstić information content (AvgIpc) is 3.09. The summed E-state index contributed by atoms with van der Waals surface area (Å²) < 4.78 is 5.49. The maximum absolute atomic E-state index is 10.8. The largest absolute Gasteiger partial charge is 0.417 e. The number of hydrogen-bond donors (Lipinski definition) is 0. The van der Waals surface area contributed by atoms with Gasteiger partial charge in [0, 0.05) is 23.8 Å². The molecule has 0 unspecified atom stereocenters. The molecule has 0 saturated carbocycles. The van der Waals surface area contributed by atoms with Crippen molar-refractivity contribution in [3.05, 3.63) is 75.7 Å². The smallest absolute Gasteiger partial charge is 0.270 e. The Bertz CT molecular complexity index is 952. The van der Waals surface area contributed by atoms with Crippen molar-refractivity contribution in [2.45, 2.75) is 0 Å². The Hall–Kier alpha value is -3.79. The topological polar surface area (TPSA) is 106 Å². The third kappa shape index (κ3) is 3.34. The fraction of sp³-hybridized carbons (Fsp3) is 0. The van der Waals surface area contributed by atoms with Gasteiger partial charge >= 0.3 is 0 Å². The highest BCUT2D eigenvalue weighted by molar-refractivity contribution is 5.67. The van der Waals surface area contributed by atoms with Crippen LogP contribution in [0.1, 0.15) is 17.0 Å². The highest BCUT2D eigenvalue weighted by atomic mass is 16.6. The zero-order valence-electron chi connectivity index (χ0n) is 12.3. The predicted octanol–water partition coefficient (Wildman–Crippen LogP) is 3.69. The molecule has 116 valence electrons. The van der Waals surface area contributed by atoms with Crippen LogP contribution in [0.2, 0.25) is 0 Å². The Labute approximate surface area is 136 Å². The molecule has 0 radical (unpaired) electrons. The third-order valence-corrected chi connectivity index (χ3v) is 3.20. The molecular weight excluding hydrogens is 308 g/mol. The normalized spacial score (nSPS) is 10.6. The molecule has 0 fully saturated rings. The monoisotopic (exact) mass is 318 g/mol. The Balaban J connectivity index is 1.80. The number of aromatic nitrogens is 2. The summed E-state index contributed by atoms with van der Waals surface area (Å²) in [4.78, 5) is 10.3. The molecule has 1 aromatic heterocycles. The highest BCUT2D eigenvalue weighted by Crippen LogP contribution is 2.23. The van der Waals surface area contributed by atoms with Gasteiger partial charge in [0.2, 0.25) is 11.8 Å². The van der Waals surface area contributed by atoms with E-state index < -0.39 is 4.92 Å². The van der Waals surface area contributed by atoms with Crippen molar-refractivity contribution in [3.8, 4) is 17.5 Å². The second-order valence-electron chi connectivity index (χ2n) is 4.82. The Morgan fingerprint density at radius 3 is 2.62 bits per heavy atom. The van der Waals surface area contributed by atoms with Gasteiger partial charge in [-0.1, -0.05) is 18.2 Å². The first-order valence-electron chi connectivity index (χ1n) is 6.92. The average molecular weight is 318 g/mol. The molecule has 0 N–H and O–H groups in total. The first-order chi connectivity index (χ1) is 11.7. The minimum absolute atomic E-state index is 0.0413. The molecule has 0 aliphatic heterocycles. The molecule has 3 rings (SSSR count). The number of nitro groups is 1. The number of nitrogens with zero attached hydrogens (tertiary/aromatic N) is 4. The van der Waals surface area contributed by atoms with E-state index in [9.17, 15) is 10.1 Å². The maximum atomic E-state index is 10.8. The van der Waals surface area contributed by atoms with E-state index in [0.717, 1.165) is 5.56 Å². The van der Waals surface area contributed by atoms with Crippen molar-refractivity contribution in [1.82, 2.24) is 10.2 Å². The molecule has 7 heteroatoms. The molecule has 7 nitrogen and oxygen atoms in total. The molecule has 2 aromatic carbocycles. The van der Waals surface area contributed by atoms with Gasteiger partial charge in [0.15, 0.2) is 0 Å². The van der Waals surface area contributed by atoms with Crippen molar-refractivity contribution < 1.29 is 9.34 Å². The van der Waals surface area contributed by atoms with Gasteiger partial charge in [-0.2, -0.15) is 5.26 Å². The van der Waals surface area contributed by atoms with E-state index in [1.807, 2.05) is 6.07 Å². The van der Waals surface area contributed by atoms with Crippen LogP contribution in [0, 0.1) is 21.4 Å². The van der Waals surface area contributed by atoms with Crippen LogP contribution in [0.25, 0.3) is 23.6 Å². The van der Waals surface area contributed by atoms with Crippen molar-refractivity contribution in [1.29, 1.82) is 5.26 Å². The van der Waals surface area contributed by atoms with Gasteiger partial charge in [0.1, 0.15) is 0 Å². The summed E-state index contributed by atoms with van der Waals surface area (Å²) in [5.74, 6) is 0.485. The SMILES string of the molecule is N#Cc1ccc(C=Cc2nnc(-c3cccc([N+](=O)[O-])c3)o2)cc1. The molecule has 0 atom stereocenters. The van der Waals surface area contributed by atoms with Crippen LogP contribution in [0.4, 0.5) is 5.69 Å². The molecule has 0 spiro atoms. The van der Waals surface area contributed by atoms with Crippen LogP contribution in [0.3, 0.4) is 0 Å². The van der Waals surface area contributed by atoms with Crippen LogP contribution in [0.15, 0.2) is 52.9 Å². The predicted molar refractivity (Wildman–Crippen MR) is 86.5 cm³/mol. The Morgan fingerprint density at radius 2 is 1.92 bits per heavy atom. The van der Waals surface area contributed by atoms with Crippen LogP contribution in [0.5, 0.6) is 0 Å².